The van der Waals surface area contributed by atoms with E-state index in [1.165, 1.54) is 0 Å². The molecule has 0 saturated carbocycles. The van der Waals surface area contributed by atoms with Gasteiger partial charge >= 0.3 is 0 Å². The fourth-order valence-corrected chi connectivity index (χ4v) is 1.95. The van der Waals surface area contributed by atoms with Crippen LogP contribution in [0.1, 0.15) is 18.9 Å². The number of nitrogens with zero attached hydrogens (tertiary/aromatic N) is 1. The second-order valence-electron chi connectivity index (χ2n) is 3.65. The molecule has 0 saturated heterocycles. The average molecular weight is 251 g/mol. The summed E-state index contributed by atoms with van der Waals surface area (Å²) >= 11 is 6.02. The fraction of sp³-hybridized carbons (Fsp3) is 0.167. The minimum atomic E-state index is -0.358. The summed E-state index contributed by atoms with van der Waals surface area (Å²) in [5.41, 5.74) is 1.78. The second-order valence-corrected chi connectivity index (χ2v) is 4.06. The van der Waals surface area contributed by atoms with Gasteiger partial charge in [-0.05, 0) is 6.07 Å². The van der Waals surface area contributed by atoms with Gasteiger partial charge in [0.25, 0.3) is 0 Å². The van der Waals surface area contributed by atoms with Gasteiger partial charge in [-0.25, -0.2) is 0 Å². The zero-order chi connectivity index (χ0) is 12.4. The topological polar surface area (TPSA) is 58.9 Å². The number of aromatic nitrogens is 1. The Morgan fingerprint density at radius 3 is 3.00 bits per heavy atom. The highest BCUT2D eigenvalue weighted by Crippen LogP contribution is 2.26. The van der Waals surface area contributed by atoms with Gasteiger partial charge in [-0.15, -0.1) is 0 Å². The lowest BCUT2D eigenvalue weighted by Gasteiger charge is -1.95. The molecule has 2 rings (SSSR count). The molecule has 0 radical (unpaired) electrons. The molecule has 0 aliphatic rings. The van der Waals surface area contributed by atoms with Crippen molar-refractivity contribution in [1.82, 2.24) is 4.98 Å². The summed E-state index contributed by atoms with van der Waals surface area (Å²) in [6.45, 7) is 1.76. The summed E-state index contributed by atoms with van der Waals surface area (Å²) in [7, 11) is 0. The van der Waals surface area contributed by atoms with Crippen molar-refractivity contribution in [3.8, 4) is 0 Å². The molecular formula is C12H11ClN2O2. The Bertz CT molecular complexity index is 602. The van der Waals surface area contributed by atoms with Crippen LogP contribution in [-0.4, -0.2) is 9.91 Å². The van der Waals surface area contributed by atoms with Crippen LogP contribution in [0.3, 0.4) is 0 Å². The first-order valence-corrected chi connectivity index (χ1v) is 5.62. The Hall–Kier alpha value is -1.81. The van der Waals surface area contributed by atoms with E-state index in [0.29, 0.717) is 11.4 Å². The van der Waals surface area contributed by atoms with Crippen molar-refractivity contribution in [2.24, 2.45) is 0 Å². The van der Waals surface area contributed by atoms with E-state index in [4.69, 9.17) is 11.6 Å². The molecule has 1 aromatic carbocycles. The molecule has 0 bridgehead atoms. The Morgan fingerprint density at radius 1 is 1.59 bits per heavy atom. The molecule has 1 heterocycles. The van der Waals surface area contributed by atoms with E-state index < -0.39 is 0 Å². The van der Waals surface area contributed by atoms with Crippen molar-refractivity contribution in [3.05, 3.63) is 50.8 Å². The van der Waals surface area contributed by atoms with Gasteiger partial charge in [0.1, 0.15) is 0 Å². The number of H-pyrrole nitrogens is 1. The third kappa shape index (κ3) is 2.17. The Kier molecular flexibility index (Phi) is 3.15. The monoisotopic (exact) mass is 250 g/mol. The lowest BCUT2D eigenvalue weighted by molar-refractivity contribution is -0.425. The van der Waals surface area contributed by atoms with Crippen LogP contribution in [-0.2, 0) is 0 Å². The molecule has 0 aliphatic carbocycles. The van der Waals surface area contributed by atoms with E-state index >= 15 is 0 Å². The highest BCUT2D eigenvalue weighted by atomic mass is 35.5. The molecular weight excluding hydrogens is 240 g/mol. The second kappa shape index (κ2) is 4.59. The van der Waals surface area contributed by atoms with Crippen LogP contribution in [0.25, 0.3) is 17.0 Å². The predicted molar refractivity (Wildman–Crippen MR) is 68.6 cm³/mol. The predicted octanol–water partition coefficient (Wildman–Crippen LogP) is 3.85. The van der Waals surface area contributed by atoms with E-state index in [2.05, 4.69) is 4.98 Å². The summed E-state index contributed by atoms with van der Waals surface area (Å²) in [6.07, 6.45) is 3.70. The standard InChI is InChI=1S/C12H11ClN2O2/c1-2-9(15(16)17)6-8-7-14-12-10(8)4-3-5-11(12)13/h3-7,14H,2H2,1H3/b9-6-. The normalized spacial score (nSPS) is 12.0. The number of hydrogen-bond acceptors (Lipinski definition) is 2. The summed E-state index contributed by atoms with van der Waals surface area (Å²) in [6, 6.07) is 5.49. The number of nitro groups is 1. The number of nitrogens with one attached hydrogen (secondary N) is 1. The molecule has 0 fully saturated rings. The van der Waals surface area contributed by atoms with Crippen LogP contribution in [0.5, 0.6) is 0 Å². The van der Waals surface area contributed by atoms with Crippen LogP contribution >= 0.6 is 11.6 Å². The quantitative estimate of drug-likeness (QED) is 0.664. The van der Waals surface area contributed by atoms with Crippen molar-refractivity contribution in [2.75, 3.05) is 0 Å². The molecule has 0 aliphatic heterocycles. The smallest absolute Gasteiger partial charge is 0.246 e. The maximum atomic E-state index is 10.8. The van der Waals surface area contributed by atoms with Gasteiger partial charge < -0.3 is 4.98 Å². The SMILES string of the molecule is CC/C(=C/c1c[nH]c2c(Cl)cccc12)[N+](=O)[O-]. The minimum absolute atomic E-state index is 0.186. The van der Waals surface area contributed by atoms with Crippen molar-refractivity contribution < 1.29 is 4.92 Å². The van der Waals surface area contributed by atoms with Crippen molar-refractivity contribution in [3.63, 3.8) is 0 Å². The van der Waals surface area contributed by atoms with Crippen LogP contribution in [0.15, 0.2) is 30.1 Å². The third-order valence-corrected chi connectivity index (χ3v) is 2.93. The number of benzene rings is 1. The van der Waals surface area contributed by atoms with E-state index in [9.17, 15) is 10.1 Å². The summed E-state index contributed by atoms with van der Waals surface area (Å²) in [5.74, 6) is 0. The molecule has 1 N–H and O–H groups in total. The Morgan fingerprint density at radius 2 is 2.35 bits per heavy atom. The highest BCUT2D eigenvalue weighted by Gasteiger charge is 2.10. The zero-order valence-electron chi connectivity index (χ0n) is 9.24. The zero-order valence-corrected chi connectivity index (χ0v) is 9.99. The lowest BCUT2D eigenvalue weighted by atomic mass is 10.1. The van der Waals surface area contributed by atoms with E-state index in [0.717, 1.165) is 16.5 Å². The summed E-state index contributed by atoms with van der Waals surface area (Å²) in [4.78, 5) is 13.4. The number of rotatable bonds is 3. The maximum absolute atomic E-state index is 10.8. The van der Waals surface area contributed by atoms with Gasteiger partial charge in [0, 0.05) is 29.6 Å². The average Bonchev–Trinajstić information content (AvgIpc) is 2.70. The maximum Gasteiger partial charge on any atom is 0.246 e. The molecule has 4 nitrogen and oxygen atoms in total. The molecule has 88 valence electrons. The third-order valence-electron chi connectivity index (χ3n) is 2.62. The number of halogens is 1. The molecule has 0 spiro atoms. The number of fused-ring (bicyclic) bond motifs is 1. The number of allylic oxidation sites excluding steroid dienone is 1. The van der Waals surface area contributed by atoms with Gasteiger partial charge in [0.2, 0.25) is 5.70 Å². The van der Waals surface area contributed by atoms with Gasteiger partial charge in [-0.3, -0.25) is 10.1 Å². The number of hydrogen-bond donors (Lipinski definition) is 1. The highest BCUT2D eigenvalue weighted by molar-refractivity contribution is 6.35. The van der Waals surface area contributed by atoms with Gasteiger partial charge in [0.15, 0.2) is 0 Å². The molecule has 5 heteroatoms. The first-order valence-electron chi connectivity index (χ1n) is 5.24. The Labute approximate surface area is 103 Å². The molecule has 0 amide bonds. The molecule has 2 aromatic rings. The summed E-state index contributed by atoms with van der Waals surface area (Å²) in [5, 5.41) is 12.3. The lowest BCUT2D eigenvalue weighted by Crippen LogP contribution is -1.96. The largest absolute Gasteiger partial charge is 0.359 e. The van der Waals surface area contributed by atoms with Crippen LogP contribution in [0.4, 0.5) is 0 Å². The van der Waals surface area contributed by atoms with Gasteiger partial charge in [0.05, 0.1) is 15.5 Å². The van der Waals surface area contributed by atoms with Crippen LogP contribution in [0.2, 0.25) is 5.02 Å². The first kappa shape index (κ1) is 11.7. The van der Waals surface area contributed by atoms with Crippen LogP contribution in [0, 0.1) is 10.1 Å². The number of aromatic amines is 1. The summed E-state index contributed by atoms with van der Waals surface area (Å²) < 4.78 is 0. The molecule has 1 aromatic heterocycles. The van der Waals surface area contributed by atoms with Gasteiger partial charge in [-0.1, -0.05) is 30.7 Å². The molecule has 0 atom stereocenters. The Balaban J connectivity index is 2.57. The molecule has 0 unspecified atom stereocenters. The van der Waals surface area contributed by atoms with E-state index in [-0.39, 0.29) is 10.6 Å². The van der Waals surface area contributed by atoms with E-state index in [1.807, 2.05) is 12.1 Å². The van der Waals surface area contributed by atoms with Gasteiger partial charge in [-0.2, -0.15) is 0 Å². The van der Waals surface area contributed by atoms with Crippen molar-refractivity contribution in [1.29, 1.82) is 0 Å². The fourth-order valence-electron chi connectivity index (χ4n) is 1.72. The van der Waals surface area contributed by atoms with Crippen molar-refractivity contribution >= 4 is 28.6 Å². The molecule has 17 heavy (non-hydrogen) atoms. The number of para-hydroxylation sites is 1. The first-order chi connectivity index (χ1) is 8.13. The van der Waals surface area contributed by atoms with Crippen molar-refractivity contribution in [2.45, 2.75) is 13.3 Å². The van der Waals surface area contributed by atoms with Crippen LogP contribution < -0.4 is 0 Å². The van der Waals surface area contributed by atoms with E-state index in [1.54, 1.807) is 25.3 Å². The minimum Gasteiger partial charge on any atom is -0.359 e.